The second kappa shape index (κ2) is 7.32. The third-order valence-electron chi connectivity index (χ3n) is 4.51. The second-order valence-electron chi connectivity index (χ2n) is 6.72. The first kappa shape index (κ1) is 18.8. The highest BCUT2D eigenvalue weighted by atomic mass is 19.1. The number of likely N-dealkylation sites (tertiary alicyclic amines) is 1. The van der Waals surface area contributed by atoms with Crippen LogP contribution in [0.15, 0.2) is 54.1 Å². The van der Waals surface area contributed by atoms with Gasteiger partial charge in [0.05, 0.1) is 17.7 Å². The fourth-order valence-corrected chi connectivity index (χ4v) is 3.21. The van der Waals surface area contributed by atoms with Gasteiger partial charge in [-0.2, -0.15) is 0 Å². The van der Waals surface area contributed by atoms with Gasteiger partial charge in [-0.25, -0.2) is 4.39 Å². The molecule has 3 rings (SSSR count). The summed E-state index contributed by atoms with van der Waals surface area (Å²) in [7, 11) is 0. The first-order chi connectivity index (χ1) is 12.8. The molecule has 0 aromatic heterocycles. The monoisotopic (exact) mass is 369 g/mol. The molecule has 1 heterocycles. The lowest BCUT2D eigenvalue weighted by atomic mass is 9.95. The van der Waals surface area contributed by atoms with E-state index in [9.17, 15) is 24.2 Å². The molecular weight excluding hydrogens is 349 g/mol. The summed E-state index contributed by atoms with van der Waals surface area (Å²) in [6.07, 6.45) is -0.870. The van der Waals surface area contributed by atoms with Gasteiger partial charge >= 0.3 is 0 Å². The first-order valence-electron chi connectivity index (χ1n) is 8.58. The van der Waals surface area contributed by atoms with E-state index in [0.717, 1.165) is 5.56 Å². The lowest BCUT2D eigenvalue weighted by molar-refractivity contribution is -0.140. The van der Waals surface area contributed by atoms with Gasteiger partial charge in [0, 0.05) is 12.1 Å². The van der Waals surface area contributed by atoms with Crippen LogP contribution >= 0.6 is 0 Å². The minimum Gasteiger partial charge on any atom is -0.507 e. The average Bonchev–Trinajstić information content (AvgIpc) is 2.87. The van der Waals surface area contributed by atoms with E-state index < -0.39 is 29.7 Å². The van der Waals surface area contributed by atoms with Crippen LogP contribution in [0.2, 0.25) is 0 Å². The van der Waals surface area contributed by atoms with Gasteiger partial charge in [0.2, 0.25) is 0 Å². The van der Waals surface area contributed by atoms with Crippen molar-refractivity contribution in [1.82, 2.24) is 4.90 Å². The predicted octanol–water partition coefficient (Wildman–Crippen LogP) is 2.94. The van der Waals surface area contributed by atoms with Gasteiger partial charge < -0.3 is 15.1 Å². The molecule has 1 aliphatic rings. The fourth-order valence-electron chi connectivity index (χ4n) is 3.21. The number of rotatable bonds is 4. The zero-order valence-electron chi connectivity index (χ0n) is 15.0. The number of aliphatic hydroxyl groups excluding tert-OH is 2. The number of hydrogen-bond donors (Lipinski definition) is 2. The highest BCUT2D eigenvalue weighted by Crippen LogP contribution is 2.39. The Hall–Kier alpha value is -2.99. The van der Waals surface area contributed by atoms with E-state index in [2.05, 4.69) is 0 Å². The van der Waals surface area contributed by atoms with Crippen molar-refractivity contribution in [2.75, 3.05) is 6.54 Å². The normalized spacial score (nSPS) is 20.1. The molecule has 2 atom stereocenters. The van der Waals surface area contributed by atoms with E-state index in [4.69, 9.17) is 0 Å². The molecule has 0 saturated carbocycles. The van der Waals surface area contributed by atoms with E-state index in [1.807, 2.05) is 6.92 Å². The number of halogens is 1. The molecule has 0 radical (unpaired) electrons. The Morgan fingerprint density at radius 1 is 1.11 bits per heavy atom. The predicted molar refractivity (Wildman–Crippen MR) is 98.3 cm³/mol. The van der Waals surface area contributed by atoms with Crippen LogP contribution in [0.25, 0.3) is 5.76 Å². The van der Waals surface area contributed by atoms with Crippen LogP contribution in [-0.4, -0.2) is 39.5 Å². The minimum atomic E-state index is -0.901. The molecule has 27 heavy (non-hydrogen) atoms. The molecule has 1 fully saturated rings. The molecule has 0 spiro atoms. The molecule has 1 amide bonds. The van der Waals surface area contributed by atoms with Crippen molar-refractivity contribution < 1.29 is 24.2 Å². The lowest BCUT2D eigenvalue weighted by Crippen LogP contribution is -2.35. The summed E-state index contributed by atoms with van der Waals surface area (Å²) in [5.41, 5.74) is 1.79. The van der Waals surface area contributed by atoms with E-state index >= 15 is 0 Å². The smallest absolute Gasteiger partial charge is 0.295 e. The summed E-state index contributed by atoms with van der Waals surface area (Å²) in [6, 6.07) is 11.4. The Kier molecular flexibility index (Phi) is 5.10. The number of β-amino-alcohol motifs (C(OH)–C–C–N with tert-alkyl or cyclic N) is 1. The number of benzene rings is 2. The van der Waals surface area contributed by atoms with Crippen molar-refractivity contribution in [3.8, 4) is 0 Å². The Bertz CT molecular complexity index is 901. The Morgan fingerprint density at radius 2 is 1.70 bits per heavy atom. The van der Waals surface area contributed by atoms with Gasteiger partial charge in [0.15, 0.2) is 0 Å². The zero-order valence-corrected chi connectivity index (χ0v) is 15.0. The maximum atomic E-state index is 13.3. The summed E-state index contributed by atoms with van der Waals surface area (Å²) < 4.78 is 13.3. The van der Waals surface area contributed by atoms with Crippen molar-refractivity contribution in [1.29, 1.82) is 0 Å². The molecule has 2 aromatic carbocycles. The minimum absolute atomic E-state index is 0.0730. The number of carbonyl (C=O) groups excluding carboxylic acids is 2. The largest absolute Gasteiger partial charge is 0.507 e. The quantitative estimate of drug-likeness (QED) is 0.493. The van der Waals surface area contributed by atoms with E-state index in [0.29, 0.717) is 11.1 Å². The molecule has 0 bridgehead atoms. The fraction of sp³-hybridized carbons (Fsp3) is 0.238. The number of amides is 1. The number of nitrogens with zero attached hydrogens (tertiary/aromatic N) is 1. The number of hydrogen-bond acceptors (Lipinski definition) is 4. The summed E-state index contributed by atoms with van der Waals surface area (Å²) in [4.78, 5) is 26.4. The summed E-state index contributed by atoms with van der Waals surface area (Å²) in [5, 5.41) is 20.5. The molecule has 0 aliphatic carbocycles. The summed E-state index contributed by atoms with van der Waals surface area (Å²) in [6.45, 7) is 3.31. The molecule has 140 valence electrons. The van der Waals surface area contributed by atoms with Crippen molar-refractivity contribution in [2.24, 2.45) is 0 Å². The number of ketones is 1. The number of carbonyl (C=O) groups is 2. The van der Waals surface area contributed by atoms with Crippen LogP contribution in [-0.2, 0) is 9.59 Å². The standard InChI is InChI=1S/C21H20FNO4/c1-12-3-5-15(6-4-12)19(25)17-18(14-7-9-16(22)10-8-14)23(11-13(2)24)21(27)20(17)26/h3-10,13,18,24-25H,11H2,1-2H3/t13-,18+/m0/s1. The SMILES string of the molecule is Cc1ccc(C(O)=C2C(=O)C(=O)N(C[C@H](C)O)[C@@H]2c2ccc(F)cc2)cc1. The third kappa shape index (κ3) is 3.61. The highest BCUT2D eigenvalue weighted by Gasteiger charge is 2.46. The second-order valence-corrected chi connectivity index (χ2v) is 6.72. The van der Waals surface area contributed by atoms with Crippen LogP contribution in [0, 0.1) is 12.7 Å². The molecule has 1 saturated heterocycles. The average molecular weight is 369 g/mol. The first-order valence-corrected chi connectivity index (χ1v) is 8.58. The van der Waals surface area contributed by atoms with E-state index in [1.54, 1.807) is 24.3 Å². The van der Waals surface area contributed by atoms with Gasteiger partial charge in [-0.1, -0.05) is 42.0 Å². The van der Waals surface area contributed by atoms with Crippen molar-refractivity contribution >= 4 is 17.4 Å². The van der Waals surface area contributed by atoms with Crippen LogP contribution < -0.4 is 0 Å². The highest BCUT2D eigenvalue weighted by molar-refractivity contribution is 6.46. The number of Topliss-reactive ketones (excluding diaryl/α,β-unsaturated/α-hetero) is 1. The van der Waals surface area contributed by atoms with Gasteiger partial charge in [0.25, 0.3) is 11.7 Å². The van der Waals surface area contributed by atoms with Crippen molar-refractivity contribution in [3.63, 3.8) is 0 Å². The molecule has 1 aliphatic heterocycles. The van der Waals surface area contributed by atoms with Crippen LogP contribution in [0.3, 0.4) is 0 Å². The topological polar surface area (TPSA) is 77.8 Å². The number of aryl methyl sites for hydroxylation is 1. The van der Waals surface area contributed by atoms with E-state index in [-0.39, 0.29) is 17.9 Å². The Balaban J connectivity index is 2.17. The Morgan fingerprint density at radius 3 is 2.26 bits per heavy atom. The van der Waals surface area contributed by atoms with Crippen LogP contribution in [0.5, 0.6) is 0 Å². The molecule has 2 N–H and O–H groups in total. The Labute approximate surface area is 156 Å². The van der Waals surface area contributed by atoms with Gasteiger partial charge in [-0.3, -0.25) is 9.59 Å². The van der Waals surface area contributed by atoms with E-state index in [1.165, 1.54) is 36.1 Å². The third-order valence-corrected chi connectivity index (χ3v) is 4.51. The van der Waals surface area contributed by atoms with Gasteiger partial charge in [0.1, 0.15) is 11.6 Å². The molecular formula is C21H20FNO4. The molecule has 2 aromatic rings. The van der Waals surface area contributed by atoms with Crippen LogP contribution in [0.1, 0.15) is 29.7 Å². The summed E-state index contributed by atoms with van der Waals surface area (Å²) in [5.74, 6) is -2.39. The van der Waals surface area contributed by atoms with Gasteiger partial charge in [-0.05, 0) is 31.5 Å². The molecule has 5 nitrogen and oxygen atoms in total. The van der Waals surface area contributed by atoms with Gasteiger partial charge in [-0.15, -0.1) is 0 Å². The molecule has 6 heteroatoms. The van der Waals surface area contributed by atoms with Crippen LogP contribution in [0.4, 0.5) is 4.39 Å². The number of aliphatic hydroxyl groups is 2. The van der Waals surface area contributed by atoms with Crippen molar-refractivity contribution in [2.45, 2.75) is 26.0 Å². The molecule has 0 unspecified atom stereocenters. The maximum absolute atomic E-state index is 13.3. The lowest BCUT2D eigenvalue weighted by Gasteiger charge is -2.26. The maximum Gasteiger partial charge on any atom is 0.295 e. The zero-order chi connectivity index (χ0) is 19.7. The van der Waals surface area contributed by atoms with Crippen molar-refractivity contribution in [3.05, 3.63) is 76.6 Å². The summed E-state index contributed by atoms with van der Waals surface area (Å²) >= 11 is 0.